The molecule has 0 bridgehead atoms. The van der Waals surface area contributed by atoms with Gasteiger partial charge in [-0.15, -0.1) is 0 Å². The number of fused-ring (bicyclic) bond motifs is 2. The standard InChI is InChI=1S/C29H30N8O/c1-18-16-37(17-32-18)28-7-5-21(30)12-26-23(28)13-27(33-26)29-24-11-19(4-6-25(24)34-35-29)20-10-22(15-31-14-20)38-9-8-36(2)3/h4-7,10-11,13-17,33H,8-9,12,30H2,1-3H3,(H,34,35). The third-order valence-corrected chi connectivity index (χ3v) is 6.67. The number of aromatic nitrogens is 6. The van der Waals surface area contributed by atoms with E-state index in [2.05, 4.69) is 54.3 Å². The Morgan fingerprint density at radius 3 is 2.82 bits per heavy atom. The topological polar surface area (TPSA) is 114 Å². The third-order valence-electron chi connectivity index (χ3n) is 6.67. The second-order valence-corrected chi connectivity index (χ2v) is 9.86. The fraction of sp³-hybridized carbons (Fsp3) is 0.207. The van der Waals surface area contributed by atoms with E-state index in [0.29, 0.717) is 13.0 Å². The zero-order valence-corrected chi connectivity index (χ0v) is 21.7. The highest BCUT2D eigenvalue weighted by Crippen LogP contribution is 2.35. The van der Waals surface area contributed by atoms with E-state index in [1.54, 1.807) is 6.20 Å². The van der Waals surface area contributed by atoms with Gasteiger partial charge in [-0.2, -0.15) is 5.10 Å². The van der Waals surface area contributed by atoms with Gasteiger partial charge in [0.05, 0.1) is 35.1 Å². The zero-order valence-electron chi connectivity index (χ0n) is 21.7. The summed E-state index contributed by atoms with van der Waals surface area (Å²) in [5.74, 6) is 0.754. The average molecular weight is 507 g/mol. The van der Waals surface area contributed by atoms with E-state index in [1.807, 2.05) is 62.5 Å². The molecule has 38 heavy (non-hydrogen) atoms. The van der Waals surface area contributed by atoms with E-state index in [0.717, 1.165) is 74.1 Å². The molecule has 4 N–H and O–H groups in total. The number of imidazole rings is 1. The van der Waals surface area contributed by atoms with Gasteiger partial charge in [0.1, 0.15) is 18.1 Å². The Hall–Kier alpha value is -4.63. The first-order valence-electron chi connectivity index (χ1n) is 12.6. The average Bonchev–Trinajstić information content (AvgIpc) is 3.60. The summed E-state index contributed by atoms with van der Waals surface area (Å²) in [5.41, 5.74) is 15.9. The molecule has 4 heterocycles. The Bertz CT molecular complexity index is 1680. The number of pyridine rings is 1. The maximum Gasteiger partial charge on any atom is 0.138 e. The minimum Gasteiger partial charge on any atom is -0.491 e. The number of nitrogens with one attached hydrogen (secondary N) is 2. The molecule has 0 radical (unpaired) electrons. The van der Waals surface area contributed by atoms with Crippen molar-refractivity contribution in [3.63, 3.8) is 0 Å². The molecule has 6 rings (SSSR count). The molecule has 9 nitrogen and oxygen atoms in total. The molecule has 0 amide bonds. The van der Waals surface area contributed by atoms with Crippen LogP contribution in [0.1, 0.15) is 17.0 Å². The highest BCUT2D eigenvalue weighted by atomic mass is 16.5. The Labute approximate surface area is 220 Å². The van der Waals surface area contributed by atoms with Crippen LogP contribution in [-0.4, -0.2) is 61.9 Å². The van der Waals surface area contributed by atoms with E-state index in [1.165, 1.54) is 0 Å². The van der Waals surface area contributed by atoms with E-state index < -0.39 is 0 Å². The van der Waals surface area contributed by atoms with Crippen molar-refractivity contribution < 1.29 is 4.74 Å². The van der Waals surface area contributed by atoms with Gasteiger partial charge in [-0.25, -0.2) is 4.98 Å². The first-order chi connectivity index (χ1) is 18.4. The zero-order chi connectivity index (χ0) is 26.2. The number of ether oxygens (including phenoxy) is 1. The summed E-state index contributed by atoms with van der Waals surface area (Å²) < 4.78 is 7.93. The van der Waals surface area contributed by atoms with Gasteiger partial charge in [0.2, 0.25) is 0 Å². The number of H-pyrrole nitrogens is 2. The molecule has 0 saturated heterocycles. The van der Waals surface area contributed by atoms with Gasteiger partial charge in [-0.1, -0.05) is 6.07 Å². The maximum atomic E-state index is 6.29. The van der Waals surface area contributed by atoms with Gasteiger partial charge < -0.3 is 24.9 Å². The second-order valence-electron chi connectivity index (χ2n) is 9.86. The van der Waals surface area contributed by atoms with Gasteiger partial charge in [-0.05, 0) is 63.0 Å². The fourth-order valence-corrected chi connectivity index (χ4v) is 4.71. The Kier molecular flexibility index (Phi) is 6.05. The Morgan fingerprint density at radius 1 is 1.11 bits per heavy atom. The van der Waals surface area contributed by atoms with Crippen LogP contribution in [0.25, 0.3) is 39.1 Å². The van der Waals surface area contributed by atoms with Gasteiger partial charge in [0.15, 0.2) is 0 Å². The van der Waals surface area contributed by atoms with Gasteiger partial charge in [0.25, 0.3) is 0 Å². The first-order valence-corrected chi connectivity index (χ1v) is 12.6. The molecule has 0 unspecified atom stereocenters. The van der Waals surface area contributed by atoms with Crippen molar-refractivity contribution in [2.24, 2.45) is 5.73 Å². The molecule has 0 spiro atoms. The SMILES string of the molecule is Cc1cn(C2=CC=C(N)Cc3[nH]c(-c4n[nH]c5ccc(-c6cncc(OCCN(C)C)c6)cc45)cc32)cn1. The monoisotopic (exact) mass is 506 g/mol. The van der Waals surface area contributed by atoms with E-state index >= 15 is 0 Å². The number of likely N-dealkylation sites (N-methyl/N-ethyl adjacent to an activating group) is 1. The summed E-state index contributed by atoms with van der Waals surface area (Å²) in [6.45, 7) is 3.43. The van der Waals surface area contributed by atoms with Crippen molar-refractivity contribution in [3.05, 3.63) is 90.1 Å². The molecule has 0 fully saturated rings. The van der Waals surface area contributed by atoms with Crippen LogP contribution in [0, 0.1) is 6.92 Å². The number of benzene rings is 1. The largest absolute Gasteiger partial charge is 0.491 e. The van der Waals surface area contributed by atoms with Crippen molar-refractivity contribution in [2.75, 3.05) is 27.2 Å². The molecule has 1 aliphatic carbocycles. The number of rotatable bonds is 7. The van der Waals surface area contributed by atoms with Crippen LogP contribution in [0.3, 0.4) is 0 Å². The lowest BCUT2D eigenvalue weighted by Crippen LogP contribution is -2.19. The summed E-state index contributed by atoms with van der Waals surface area (Å²) in [5, 5.41) is 8.88. The van der Waals surface area contributed by atoms with Crippen molar-refractivity contribution >= 4 is 16.6 Å². The Morgan fingerprint density at radius 2 is 2.00 bits per heavy atom. The smallest absolute Gasteiger partial charge is 0.138 e. The highest BCUT2D eigenvalue weighted by Gasteiger charge is 2.20. The molecule has 9 heteroatoms. The number of aryl methyl sites for hydroxylation is 1. The van der Waals surface area contributed by atoms with Crippen LogP contribution >= 0.6 is 0 Å². The van der Waals surface area contributed by atoms with Crippen LogP contribution in [0.5, 0.6) is 5.75 Å². The number of nitrogens with zero attached hydrogens (tertiary/aromatic N) is 5. The molecule has 0 atom stereocenters. The number of hydrogen-bond donors (Lipinski definition) is 3. The fourth-order valence-electron chi connectivity index (χ4n) is 4.71. The minimum atomic E-state index is 0.606. The molecule has 1 aromatic carbocycles. The molecule has 1 aliphatic rings. The summed E-state index contributed by atoms with van der Waals surface area (Å²) in [4.78, 5) is 14.5. The molecule has 0 aliphatic heterocycles. The summed E-state index contributed by atoms with van der Waals surface area (Å²) >= 11 is 0. The van der Waals surface area contributed by atoms with Gasteiger partial charge in [-0.3, -0.25) is 10.1 Å². The first kappa shape index (κ1) is 23.7. The van der Waals surface area contributed by atoms with Crippen molar-refractivity contribution in [2.45, 2.75) is 13.3 Å². The quantitative estimate of drug-likeness (QED) is 0.302. The van der Waals surface area contributed by atoms with Crippen LogP contribution in [0.4, 0.5) is 0 Å². The summed E-state index contributed by atoms with van der Waals surface area (Å²) in [7, 11) is 4.05. The summed E-state index contributed by atoms with van der Waals surface area (Å²) in [6.07, 6.45) is 12.1. The normalized spacial score (nSPS) is 13.4. The highest BCUT2D eigenvalue weighted by molar-refractivity contribution is 5.95. The lowest BCUT2D eigenvalue weighted by molar-refractivity contribution is 0.261. The minimum absolute atomic E-state index is 0.606. The predicted octanol–water partition coefficient (Wildman–Crippen LogP) is 4.35. The maximum absolute atomic E-state index is 6.29. The van der Waals surface area contributed by atoms with E-state index in [-0.39, 0.29) is 0 Å². The van der Waals surface area contributed by atoms with Crippen molar-refractivity contribution in [3.8, 4) is 28.3 Å². The number of allylic oxidation sites excluding steroid dienone is 3. The number of hydrogen-bond acceptors (Lipinski definition) is 6. The van der Waals surface area contributed by atoms with Crippen molar-refractivity contribution in [1.82, 2.24) is 34.6 Å². The Balaban J connectivity index is 1.36. The van der Waals surface area contributed by atoms with Gasteiger partial charge in [0, 0.05) is 53.3 Å². The van der Waals surface area contributed by atoms with Crippen LogP contribution in [-0.2, 0) is 6.42 Å². The second kappa shape index (κ2) is 9.68. The predicted molar refractivity (Wildman–Crippen MR) is 149 cm³/mol. The molecular weight excluding hydrogens is 476 g/mol. The molecule has 5 aromatic rings. The summed E-state index contributed by atoms with van der Waals surface area (Å²) in [6, 6.07) is 10.4. The van der Waals surface area contributed by atoms with Crippen LogP contribution < -0.4 is 10.5 Å². The molecule has 4 aromatic heterocycles. The third kappa shape index (κ3) is 4.59. The lowest BCUT2D eigenvalue weighted by Gasteiger charge is -2.11. The molecule has 192 valence electrons. The lowest BCUT2D eigenvalue weighted by atomic mass is 10.0. The number of aromatic amines is 2. The molecule has 0 saturated carbocycles. The van der Waals surface area contributed by atoms with Gasteiger partial charge >= 0.3 is 0 Å². The van der Waals surface area contributed by atoms with Crippen LogP contribution in [0.15, 0.2) is 73.1 Å². The molecular formula is C29H30N8O. The van der Waals surface area contributed by atoms with E-state index in [4.69, 9.17) is 10.5 Å². The van der Waals surface area contributed by atoms with E-state index in [9.17, 15) is 0 Å². The number of nitrogens with two attached hydrogens (primary N) is 1. The van der Waals surface area contributed by atoms with Crippen molar-refractivity contribution in [1.29, 1.82) is 0 Å². The van der Waals surface area contributed by atoms with Crippen LogP contribution in [0.2, 0.25) is 0 Å².